The number of nitrogen functional groups attached to an aromatic ring is 1. The number of nitrogens with zero attached hydrogens (tertiary/aromatic N) is 2. The van der Waals surface area contributed by atoms with Gasteiger partial charge in [-0.2, -0.15) is 0 Å². The molecule has 106 valence electrons. The number of para-hydroxylation sites is 1. The van der Waals surface area contributed by atoms with E-state index in [0.29, 0.717) is 17.5 Å². The molecule has 21 heavy (non-hydrogen) atoms. The van der Waals surface area contributed by atoms with Crippen LogP contribution in [0.15, 0.2) is 57.8 Å². The molecule has 0 unspecified atom stereocenters. The van der Waals surface area contributed by atoms with E-state index in [1.807, 2.05) is 55.5 Å². The summed E-state index contributed by atoms with van der Waals surface area (Å²) < 4.78 is 5.70. The fourth-order valence-electron chi connectivity index (χ4n) is 1.96. The normalized spacial score (nSPS) is 10.7. The highest BCUT2D eigenvalue weighted by Crippen LogP contribution is 2.28. The van der Waals surface area contributed by atoms with Crippen molar-refractivity contribution in [1.29, 1.82) is 0 Å². The molecule has 0 spiro atoms. The predicted molar refractivity (Wildman–Crippen MR) is 84.9 cm³/mol. The molecule has 0 amide bonds. The van der Waals surface area contributed by atoms with E-state index in [-0.39, 0.29) is 0 Å². The summed E-state index contributed by atoms with van der Waals surface area (Å²) in [7, 11) is 0. The second kappa shape index (κ2) is 6.01. The van der Waals surface area contributed by atoms with Gasteiger partial charge in [0.25, 0.3) is 0 Å². The van der Waals surface area contributed by atoms with E-state index in [4.69, 9.17) is 10.2 Å². The zero-order valence-electron chi connectivity index (χ0n) is 11.6. The topological polar surface area (TPSA) is 64.9 Å². The van der Waals surface area contributed by atoms with Crippen molar-refractivity contribution in [2.45, 2.75) is 17.6 Å². The maximum absolute atomic E-state index is 5.91. The SMILES string of the molecule is Cc1cccc(-c2nnc(CSc3ccccc3N)o2)c1. The number of benzene rings is 2. The summed E-state index contributed by atoms with van der Waals surface area (Å²) in [5.41, 5.74) is 8.78. The maximum atomic E-state index is 5.91. The molecular weight excluding hydrogens is 282 g/mol. The van der Waals surface area contributed by atoms with Gasteiger partial charge < -0.3 is 10.2 Å². The summed E-state index contributed by atoms with van der Waals surface area (Å²) in [5.74, 6) is 1.75. The largest absolute Gasteiger partial charge is 0.420 e. The Kier molecular flexibility index (Phi) is 3.92. The summed E-state index contributed by atoms with van der Waals surface area (Å²) >= 11 is 1.59. The van der Waals surface area contributed by atoms with Gasteiger partial charge in [-0.3, -0.25) is 0 Å². The molecule has 1 heterocycles. The fourth-order valence-corrected chi connectivity index (χ4v) is 2.76. The molecule has 0 fully saturated rings. The van der Waals surface area contributed by atoms with Crippen LogP contribution in [0.25, 0.3) is 11.5 Å². The third-order valence-electron chi connectivity index (χ3n) is 3.00. The standard InChI is InChI=1S/C16H15N3OS/c1-11-5-4-6-12(9-11)16-19-18-15(20-16)10-21-14-8-3-2-7-13(14)17/h2-9H,10,17H2,1H3. The molecule has 2 N–H and O–H groups in total. The molecule has 2 aromatic carbocycles. The van der Waals surface area contributed by atoms with Gasteiger partial charge in [0.2, 0.25) is 11.8 Å². The Hall–Kier alpha value is -2.27. The lowest BCUT2D eigenvalue weighted by Gasteiger charge is -2.02. The number of hydrogen-bond donors (Lipinski definition) is 1. The number of anilines is 1. The van der Waals surface area contributed by atoms with E-state index in [1.54, 1.807) is 11.8 Å². The van der Waals surface area contributed by atoms with Crippen LogP contribution in [-0.2, 0) is 5.75 Å². The van der Waals surface area contributed by atoms with E-state index >= 15 is 0 Å². The number of rotatable bonds is 4. The predicted octanol–water partition coefficient (Wildman–Crippen LogP) is 3.92. The third-order valence-corrected chi connectivity index (χ3v) is 4.08. The van der Waals surface area contributed by atoms with Crippen LogP contribution in [0.2, 0.25) is 0 Å². The molecule has 5 heteroatoms. The van der Waals surface area contributed by atoms with Crippen molar-refractivity contribution in [3.63, 3.8) is 0 Å². The smallest absolute Gasteiger partial charge is 0.247 e. The molecule has 0 aliphatic heterocycles. The molecule has 0 saturated carbocycles. The van der Waals surface area contributed by atoms with E-state index in [1.165, 1.54) is 5.56 Å². The van der Waals surface area contributed by atoms with Crippen molar-refractivity contribution < 1.29 is 4.42 Å². The number of hydrogen-bond acceptors (Lipinski definition) is 5. The van der Waals surface area contributed by atoms with Gasteiger partial charge in [-0.1, -0.05) is 29.8 Å². The van der Waals surface area contributed by atoms with Crippen LogP contribution in [0.4, 0.5) is 5.69 Å². The second-order valence-corrected chi connectivity index (χ2v) is 5.71. The number of thioether (sulfide) groups is 1. The number of aromatic nitrogens is 2. The average Bonchev–Trinajstić information content (AvgIpc) is 2.95. The molecule has 1 aromatic heterocycles. The zero-order chi connectivity index (χ0) is 14.7. The van der Waals surface area contributed by atoms with Gasteiger partial charge in [0.1, 0.15) is 0 Å². The Morgan fingerprint density at radius 3 is 2.76 bits per heavy atom. The monoisotopic (exact) mass is 297 g/mol. The van der Waals surface area contributed by atoms with Crippen molar-refractivity contribution in [2.24, 2.45) is 0 Å². The van der Waals surface area contributed by atoms with Gasteiger partial charge in [-0.25, -0.2) is 0 Å². The van der Waals surface area contributed by atoms with Crippen molar-refractivity contribution >= 4 is 17.4 Å². The molecule has 0 bridgehead atoms. The van der Waals surface area contributed by atoms with Crippen molar-refractivity contribution in [1.82, 2.24) is 10.2 Å². The molecule has 0 saturated heterocycles. The Morgan fingerprint density at radius 1 is 1.10 bits per heavy atom. The van der Waals surface area contributed by atoms with Gasteiger partial charge in [0, 0.05) is 16.1 Å². The average molecular weight is 297 g/mol. The number of nitrogens with two attached hydrogens (primary N) is 1. The quantitative estimate of drug-likeness (QED) is 0.584. The van der Waals surface area contributed by atoms with Crippen LogP contribution in [0.1, 0.15) is 11.5 Å². The third kappa shape index (κ3) is 3.25. The Labute approximate surface area is 127 Å². The fraction of sp³-hybridized carbons (Fsp3) is 0.125. The van der Waals surface area contributed by atoms with E-state index in [0.717, 1.165) is 16.1 Å². The minimum atomic E-state index is 0.551. The van der Waals surface area contributed by atoms with Crippen LogP contribution in [0.5, 0.6) is 0 Å². The van der Waals surface area contributed by atoms with Gasteiger partial charge in [0.05, 0.1) is 5.75 Å². The minimum absolute atomic E-state index is 0.551. The lowest BCUT2D eigenvalue weighted by molar-refractivity contribution is 0.528. The highest BCUT2D eigenvalue weighted by molar-refractivity contribution is 7.98. The second-order valence-electron chi connectivity index (χ2n) is 4.70. The summed E-state index contributed by atoms with van der Waals surface area (Å²) in [6.07, 6.45) is 0. The minimum Gasteiger partial charge on any atom is -0.420 e. The first-order valence-electron chi connectivity index (χ1n) is 6.59. The molecule has 0 radical (unpaired) electrons. The highest BCUT2D eigenvalue weighted by Gasteiger charge is 2.09. The van der Waals surface area contributed by atoms with Crippen molar-refractivity contribution in [2.75, 3.05) is 5.73 Å². The van der Waals surface area contributed by atoms with Crippen LogP contribution in [0, 0.1) is 6.92 Å². The lowest BCUT2D eigenvalue weighted by Crippen LogP contribution is -1.88. The molecule has 0 atom stereocenters. The maximum Gasteiger partial charge on any atom is 0.247 e. The van der Waals surface area contributed by atoms with Crippen molar-refractivity contribution in [3.8, 4) is 11.5 Å². The summed E-state index contributed by atoms with van der Waals surface area (Å²) in [6, 6.07) is 15.8. The number of aryl methyl sites for hydroxylation is 1. The molecule has 4 nitrogen and oxygen atoms in total. The van der Waals surface area contributed by atoms with E-state index < -0.39 is 0 Å². The first-order chi connectivity index (χ1) is 10.2. The van der Waals surface area contributed by atoms with Gasteiger partial charge in [-0.15, -0.1) is 22.0 Å². The van der Waals surface area contributed by atoms with Crippen LogP contribution in [-0.4, -0.2) is 10.2 Å². The molecule has 3 rings (SSSR count). The van der Waals surface area contributed by atoms with Gasteiger partial charge in [-0.05, 0) is 31.2 Å². The van der Waals surface area contributed by atoms with Crippen LogP contribution >= 0.6 is 11.8 Å². The van der Waals surface area contributed by atoms with Gasteiger partial charge in [0.15, 0.2) is 0 Å². The van der Waals surface area contributed by atoms with Crippen molar-refractivity contribution in [3.05, 3.63) is 60.0 Å². The first-order valence-corrected chi connectivity index (χ1v) is 7.57. The molecular formula is C16H15N3OS. The Morgan fingerprint density at radius 2 is 1.95 bits per heavy atom. The molecule has 3 aromatic rings. The van der Waals surface area contributed by atoms with Crippen LogP contribution < -0.4 is 5.73 Å². The van der Waals surface area contributed by atoms with E-state index in [9.17, 15) is 0 Å². The summed E-state index contributed by atoms with van der Waals surface area (Å²) in [6.45, 7) is 2.04. The Bertz CT molecular complexity index is 755. The lowest BCUT2D eigenvalue weighted by atomic mass is 10.1. The summed E-state index contributed by atoms with van der Waals surface area (Å²) in [4.78, 5) is 1.02. The zero-order valence-corrected chi connectivity index (χ0v) is 12.4. The van der Waals surface area contributed by atoms with Crippen LogP contribution in [0.3, 0.4) is 0 Å². The Balaban J connectivity index is 1.72. The van der Waals surface area contributed by atoms with E-state index in [2.05, 4.69) is 10.2 Å². The molecule has 0 aliphatic carbocycles. The van der Waals surface area contributed by atoms with Gasteiger partial charge >= 0.3 is 0 Å². The molecule has 0 aliphatic rings. The highest BCUT2D eigenvalue weighted by atomic mass is 32.2. The first kappa shape index (κ1) is 13.7. The summed E-state index contributed by atoms with van der Waals surface area (Å²) in [5, 5.41) is 8.19.